The van der Waals surface area contributed by atoms with Crippen LogP contribution in [0.3, 0.4) is 0 Å². The third-order valence-corrected chi connectivity index (χ3v) is 7.71. The summed E-state index contributed by atoms with van der Waals surface area (Å²) in [7, 11) is -0.642. The maximum atomic E-state index is 13.3. The summed E-state index contributed by atoms with van der Waals surface area (Å²) >= 11 is 5.92. The van der Waals surface area contributed by atoms with Crippen LogP contribution in [0.25, 0.3) is 10.9 Å². The van der Waals surface area contributed by atoms with Crippen LogP contribution in [0.4, 0.5) is 0 Å². The molecule has 1 N–H and O–H groups in total. The van der Waals surface area contributed by atoms with Crippen molar-refractivity contribution in [3.05, 3.63) is 83.5 Å². The summed E-state index contributed by atoms with van der Waals surface area (Å²) in [5.41, 5.74) is 1.65. The fourth-order valence-electron chi connectivity index (χ4n) is 3.89. The molecule has 4 aromatic rings. The second kappa shape index (κ2) is 10.4. The summed E-state index contributed by atoms with van der Waals surface area (Å²) in [6, 6.07) is 18.8. The van der Waals surface area contributed by atoms with Gasteiger partial charge < -0.3 is 19.4 Å². The number of amides is 1. The molecule has 0 atom stereocenters. The minimum Gasteiger partial charge on any atom is -0.493 e. The van der Waals surface area contributed by atoms with Crippen LogP contribution < -0.4 is 14.8 Å². The van der Waals surface area contributed by atoms with Crippen LogP contribution in [0.1, 0.15) is 5.56 Å². The van der Waals surface area contributed by atoms with Crippen LogP contribution >= 0.6 is 11.6 Å². The smallest absolute Gasteiger partial charge is 0.239 e. The number of methoxy groups -OCH3 is 2. The Morgan fingerprint density at radius 3 is 2.40 bits per heavy atom. The quantitative estimate of drug-likeness (QED) is 0.357. The van der Waals surface area contributed by atoms with Gasteiger partial charge in [0.05, 0.1) is 24.0 Å². The topological polar surface area (TPSA) is 86.6 Å². The minimum absolute atomic E-state index is 0.0113. The van der Waals surface area contributed by atoms with Gasteiger partial charge in [0.2, 0.25) is 15.7 Å². The second-order valence-corrected chi connectivity index (χ2v) is 10.2. The highest BCUT2D eigenvalue weighted by molar-refractivity contribution is 7.91. The SMILES string of the molecule is COc1ccc(CCNC(=O)Cn2cc(S(=O)(=O)c3ccc(Cl)cc3)c3ccccc32)cc1OC. The molecule has 182 valence electrons. The Hall–Kier alpha value is -3.49. The zero-order valence-electron chi connectivity index (χ0n) is 19.3. The second-order valence-electron chi connectivity index (χ2n) is 7.89. The maximum Gasteiger partial charge on any atom is 0.239 e. The van der Waals surface area contributed by atoms with Gasteiger partial charge in [0.15, 0.2) is 11.5 Å². The lowest BCUT2D eigenvalue weighted by Gasteiger charge is -2.10. The number of rotatable bonds is 9. The van der Waals surface area contributed by atoms with Crippen molar-refractivity contribution >= 4 is 38.2 Å². The number of hydrogen-bond donors (Lipinski definition) is 1. The number of ether oxygens (including phenoxy) is 2. The molecule has 0 aliphatic heterocycles. The molecule has 0 radical (unpaired) electrons. The molecule has 4 rings (SSSR count). The first-order valence-electron chi connectivity index (χ1n) is 10.9. The van der Waals surface area contributed by atoms with Gasteiger partial charge in [-0.3, -0.25) is 4.79 Å². The Balaban J connectivity index is 1.50. The Labute approximate surface area is 209 Å². The highest BCUT2D eigenvalue weighted by Gasteiger charge is 2.23. The first kappa shape index (κ1) is 24.6. The molecule has 0 aliphatic carbocycles. The Kier molecular flexibility index (Phi) is 7.33. The fraction of sp³-hybridized carbons (Fsp3) is 0.192. The highest BCUT2D eigenvalue weighted by atomic mass is 35.5. The molecule has 1 heterocycles. The van der Waals surface area contributed by atoms with Crippen molar-refractivity contribution in [1.29, 1.82) is 0 Å². The van der Waals surface area contributed by atoms with Gasteiger partial charge in [0.1, 0.15) is 6.54 Å². The number of halogens is 1. The molecule has 3 aromatic carbocycles. The number of fused-ring (bicyclic) bond motifs is 1. The molecular weight excluding hydrogens is 488 g/mol. The van der Waals surface area contributed by atoms with Crippen LogP contribution in [0.2, 0.25) is 5.02 Å². The molecule has 1 amide bonds. The van der Waals surface area contributed by atoms with E-state index < -0.39 is 9.84 Å². The molecular formula is C26H25ClN2O5S. The van der Waals surface area contributed by atoms with Crippen molar-refractivity contribution in [2.45, 2.75) is 22.8 Å². The number of carbonyl (C=O) groups is 1. The normalized spacial score (nSPS) is 11.4. The minimum atomic E-state index is -3.80. The summed E-state index contributed by atoms with van der Waals surface area (Å²) in [5.74, 6) is 1.05. The van der Waals surface area contributed by atoms with E-state index in [1.807, 2.05) is 24.3 Å². The summed E-state index contributed by atoms with van der Waals surface area (Å²) in [5, 5.41) is 3.91. The van der Waals surface area contributed by atoms with Gasteiger partial charge in [-0.25, -0.2) is 8.42 Å². The van der Waals surface area contributed by atoms with Crippen molar-refractivity contribution in [3.8, 4) is 11.5 Å². The lowest BCUT2D eigenvalue weighted by atomic mass is 10.1. The van der Waals surface area contributed by atoms with Crippen LogP contribution in [-0.4, -0.2) is 39.7 Å². The lowest BCUT2D eigenvalue weighted by molar-refractivity contribution is -0.121. The molecule has 0 fully saturated rings. The predicted octanol–water partition coefficient (Wildman–Crippen LogP) is 4.50. The van der Waals surface area contributed by atoms with Gasteiger partial charge in [-0.1, -0.05) is 35.9 Å². The van der Waals surface area contributed by atoms with E-state index in [-0.39, 0.29) is 22.2 Å². The lowest BCUT2D eigenvalue weighted by Crippen LogP contribution is -2.29. The average Bonchev–Trinajstić information content (AvgIpc) is 3.23. The fourth-order valence-corrected chi connectivity index (χ4v) is 5.49. The molecule has 0 aliphatic rings. The summed E-state index contributed by atoms with van der Waals surface area (Å²) < 4.78 is 38.8. The Morgan fingerprint density at radius 1 is 0.971 bits per heavy atom. The number of nitrogens with one attached hydrogen (secondary N) is 1. The van der Waals surface area contributed by atoms with Crippen LogP contribution in [0, 0.1) is 0 Å². The number of nitrogens with zero attached hydrogens (tertiary/aromatic N) is 1. The maximum absolute atomic E-state index is 13.3. The van der Waals surface area contributed by atoms with Gasteiger partial charge in [-0.2, -0.15) is 0 Å². The number of carbonyl (C=O) groups excluding carboxylic acids is 1. The number of para-hydroxylation sites is 1. The van der Waals surface area contributed by atoms with Gasteiger partial charge in [-0.05, 0) is 54.4 Å². The highest BCUT2D eigenvalue weighted by Crippen LogP contribution is 2.31. The molecule has 0 saturated carbocycles. The Bertz CT molecular complexity index is 1460. The largest absolute Gasteiger partial charge is 0.493 e. The van der Waals surface area contributed by atoms with Gasteiger partial charge in [0.25, 0.3) is 0 Å². The van der Waals surface area contributed by atoms with Crippen molar-refractivity contribution in [3.63, 3.8) is 0 Å². The zero-order valence-corrected chi connectivity index (χ0v) is 20.9. The first-order chi connectivity index (χ1) is 16.8. The molecule has 1 aromatic heterocycles. The van der Waals surface area contributed by atoms with E-state index in [9.17, 15) is 13.2 Å². The Morgan fingerprint density at radius 2 is 1.69 bits per heavy atom. The van der Waals surface area contributed by atoms with Crippen molar-refractivity contribution in [2.24, 2.45) is 0 Å². The third-order valence-electron chi connectivity index (χ3n) is 5.66. The van der Waals surface area contributed by atoms with Crippen LogP contribution in [-0.2, 0) is 27.6 Å². The average molecular weight is 513 g/mol. The monoisotopic (exact) mass is 512 g/mol. The van der Waals surface area contributed by atoms with Gasteiger partial charge in [0, 0.05) is 28.7 Å². The molecule has 0 bridgehead atoms. The predicted molar refractivity (Wildman–Crippen MR) is 135 cm³/mol. The summed E-state index contributed by atoms with van der Waals surface area (Å²) in [6.07, 6.45) is 2.12. The molecule has 7 nitrogen and oxygen atoms in total. The number of aromatic nitrogens is 1. The van der Waals surface area contributed by atoms with Gasteiger partial charge >= 0.3 is 0 Å². The summed E-state index contributed by atoms with van der Waals surface area (Å²) in [6.45, 7) is 0.409. The summed E-state index contributed by atoms with van der Waals surface area (Å²) in [4.78, 5) is 13.0. The molecule has 0 unspecified atom stereocenters. The van der Waals surface area contributed by atoms with Crippen LogP contribution in [0.15, 0.2) is 82.7 Å². The van der Waals surface area contributed by atoms with Crippen LogP contribution in [0.5, 0.6) is 11.5 Å². The third kappa shape index (κ3) is 5.28. The molecule has 35 heavy (non-hydrogen) atoms. The van der Waals surface area contributed by atoms with Crippen molar-refractivity contribution < 1.29 is 22.7 Å². The van der Waals surface area contributed by atoms with Crippen molar-refractivity contribution in [1.82, 2.24) is 9.88 Å². The first-order valence-corrected chi connectivity index (χ1v) is 12.8. The number of sulfone groups is 1. The van der Waals surface area contributed by atoms with E-state index in [4.69, 9.17) is 21.1 Å². The van der Waals surface area contributed by atoms with Crippen molar-refractivity contribution in [2.75, 3.05) is 20.8 Å². The molecule has 0 spiro atoms. The molecule has 9 heteroatoms. The van der Waals surface area contributed by atoms with E-state index in [0.29, 0.717) is 40.4 Å². The standard InChI is InChI=1S/C26H25ClN2O5S/c1-33-23-12-7-18(15-24(23)34-2)13-14-28-26(30)17-29-16-25(21-5-3-4-6-22(21)29)35(31,32)20-10-8-19(27)9-11-20/h3-12,15-16H,13-14,17H2,1-2H3,(H,28,30). The number of hydrogen-bond acceptors (Lipinski definition) is 5. The van der Waals surface area contributed by atoms with E-state index in [2.05, 4.69) is 5.32 Å². The molecule has 0 saturated heterocycles. The van der Waals surface area contributed by atoms with E-state index in [1.54, 1.807) is 49.1 Å². The number of benzene rings is 3. The van der Waals surface area contributed by atoms with E-state index >= 15 is 0 Å². The van der Waals surface area contributed by atoms with E-state index in [0.717, 1.165) is 5.56 Å². The van der Waals surface area contributed by atoms with E-state index in [1.165, 1.54) is 18.3 Å². The van der Waals surface area contributed by atoms with Gasteiger partial charge in [-0.15, -0.1) is 0 Å². The zero-order chi connectivity index (χ0) is 25.0.